The number of aliphatic hydroxyl groups excluding tert-OH is 1. The quantitative estimate of drug-likeness (QED) is 0.134. The molecule has 6 aliphatic carbocycles. The minimum absolute atomic E-state index is 0.168. The number of rotatable bonds is 18. The molecule has 2 bridgehead atoms. The summed E-state index contributed by atoms with van der Waals surface area (Å²) in [7, 11) is 0. The molecule has 2 aromatic rings. The van der Waals surface area contributed by atoms with Gasteiger partial charge in [0.15, 0.2) is 0 Å². The van der Waals surface area contributed by atoms with Crippen LogP contribution in [0.5, 0.6) is 0 Å². The Labute approximate surface area is 320 Å². The van der Waals surface area contributed by atoms with Crippen molar-refractivity contribution in [2.75, 3.05) is 52.4 Å². The van der Waals surface area contributed by atoms with Gasteiger partial charge in [0, 0.05) is 26.2 Å². The van der Waals surface area contributed by atoms with Gasteiger partial charge in [-0.3, -0.25) is 14.5 Å². The van der Waals surface area contributed by atoms with Crippen LogP contribution in [-0.2, 0) is 35.5 Å². The van der Waals surface area contributed by atoms with Gasteiger partial charge in [0.05, 0.1) is 11.8 Å². The lowest BCUT2D eigenvalue weighted by atomic mass is 9.07. The van der Waals surface area contributed by atoms with Gasteiger partial charge in [-0.25, -0.2) is 0 Å². The van der Waals surface area contributed by atoms with Crippen LogP contribution in [0.15, 0.2) is 48.5 Å². The van der Waals surface area contributed by atoms with Crippen molar-refractivity contribution in [1.29, 1.82) is 0 Å². The molecule has 8 unspecified atom stereocenters. The number of carboxylic acid groups (broad SMARTS) is 2. The second-order valence-electron chi connectivity index (χ2n) is 19.3. The molecule has 0 radical (unpaired) electrons. The van der Waals surface area contributed by atoms with Crippen LogP contribution in [0.4, 0.5) is 0 Å². The third-order valence-corrected chi connectivity index (χ3v) is 17.1. The van der Waals surface area contributed by atoms with E-state index in [-0.39, 0.29) is 41.6 Å². The largest absolute Gasteiger partial charge is 0.481 e. The number of aliphatic hydroxyl groups is 1. The number of carbonyl (C=O) groups is 2. The fourth-order valence-electron chi connectivity index (χ4n) is 15.4. The van der Waals surface area contributed by atoms with Crippen molar-refractivity contribution in [1.82, 2.24) is 20.9 Å². The number of benzene rings is 2. The summed E-state index contributed by atoms with van der Waals surface area (Å²) >= 11 is 0. The zero-order chi connectivity index (χ0) is 36.8. The Morgan fingerprint density at radius 1 is 0.741 bits per heavy atom. The highest BCUT2D eigenvalue weighted by Gasteiger charge is 3.02. The molecule has 9 aliphatic rings. The Morgan fingerprint density at radius 2 is 1.31 bits per heavy atom. The molecule has 3 saturated heterocycles. The zero-order valence-electron chi connectivity index (χ0n) is 31.7. The summed E-state index contributed by atoms with van der Waals surface area (Å²) < 4.78 is 0. The maximum atomic E-state index is 12.7. The monoisotopic (exact) mass is 736 g/mol. The van der Waals surface area contributed by atoms with E-state index < -0.39 is 11.9 Å². The molecular formula is C45H60N4O5. The van der Waals surface area contributed by atoms with Crippen molar-refractivity contribution in [2.45, 2.75) is 58.0 Å². The van der Waals surface area contributed by atoms with E-state index in [2.05, 4.69) is 69.4 Å². The van der Waals surface area contributed by atoms with Gasteiger partial charge in [0.2, 0.25) is 0 Å². The Hall–Kier alpha value is -2.82. The molecule has 2 aromatic carbocycles. The summed E-state index contributed by atoms with van der Waals surface area (Å²) in [5.74, 6) is 3.90. The summed E-state index contributed by atoms with van der Waals surface area (Å²) in [6.45, 7) is 8.44. The van der Waals surface area contributed by atoms with Crippen molar-refractivity contribution >= 4 is 11.9 Å². The summed E-state index contributed by atoms with van der Waals surface area (Å²) in [6, 6.07) is 17.8. The van der Waals surface area contributed by atoms with Crippen LogP contribution in [-0.4, -0.2) is 84.6 Å². The number of nitrogens with one attached hydrogen (secondary N) is 3. The van der Waals surface area contributed by atoms with E-state index in [4.69, 9.17) is 0 Å². The van der Waals surface area contributed by atoms with Crippen molar-refractivity contribution in [2.24, 2.45) is 81.8 Å². The van der Waals surface area contributed by atoms with Crippen molar-refractivity contribution < 1.29 is 24.9 Å². The first kappa shape index (κ1) is 35.6. The number of hydrogen-bond acceptors (Lipinski definition) is 7. The summed E-state index contributed by atoms with van der Waals surface area (Å²) in [5.41, 5.74) is 5.56. The first-order valence-electron chi connectivity index (χ1n) is 21.4. The minimum Gasteiger partial charge on any atom is -0.481 e. The highest BCUT2D eigenvalue weighted by atomic mass is 16.4. The minimum atomic E-state index is -0.692. The Morgan fingerprint density at radius 3 is 1.87 bits per heavy atom. The van der Waals surface area contributed by atoms with Crippen LogP contribution in [0.1, 0.15) is 54.4 Å². The van der Waals surface area contributed by atoms with E-state index in [1.165, 1.54) is 23.1 Å². The van der Waals surface area contributed by atoms with E-state index in [1.54, 1.807) is 0 Å². The lowest BCUT2D eigenvalue weighted by Crippen LogP contribution is -2.95. The Bertz CT molecular complexity index is 1750. The van der Waals surface area contributed by atoms with Gasteiger partial charge in [-0.1, -0.05) is 48.5 Å². The molecule has 3 heterocycles. The number of carboxylic acids is 2. The molecule has 6 saturated carbocycles. The molecular weight excluding hydrogens is 677 g/mol. The van der Waals surface area contributed by atoms with Crippen molar-refractivity contribution in [3.8, 4) is 0 Å². The lowest BCUT2D eigenvalue weighted by Gasteiger charge is -2.97. The van der Waals surface area contributed by atoms with Crippen LogP contribution in [0.3, 0.4) is 0 Å². The summed E-state index contributed by atoms with van der Waals surface area (Å²) in [6.07, 6.45) is 6.71. The van der Waals surface area contributed by atoms with Gasteiger partial charge in [0.1, 0.15) is 0 Å². The molecule has 3 aliphatic heterocycles. The molecule has 9 heteroatoms. The smallest absolute Gasteiger partial charge is 0.307 e. The Balaban J connectivity index is 0.906. The predicted molar refractivity (Wildman–Crippen MR) is 205 cm³/mol. The van der Waals surface area contributed by atoms with E-state index in [0.717, 1.165) is 120 Å². The van der Waals surface area contributed by atoms with Gasteiger partial charge < -0.3 is 31.3 Å². The van der Waals surface area contributed by atoms with E-state index >= 15 is 0 Å². The first-order chi connectivity index (χ1) is 26.3. The fourth-order valence-corrected chi connectivity index (χ4v) is 15.4. The lowest BCUT2D eigenvalue weighted by molar-refractivity contribution is -0.503. The molecule has 0 spiro atoms. The topological polar surface area (TPSA) is 134 Å². The molecule has 6 N–H and O–H groups in total. The van der Waals surface area contributed by atoms with Gasteiger partial charge in [-0.05, 0) is 176 Å². The highest BCUT2D eigenvalue weighted by molar-refractivity contribution is 5.71. The molecule has 0 amide bonds. The zero-order valence-corrected chi connectivity index (χ0v) is 31.7. The molecule has 9 fully saturated rings. The Kier molecular flexibility index (Phi) is 9.02. The second-order valence-corrected chi connectivity index (χ2v) is 19.3. The molecule has 0 aromatic heterocycles. The van der Waals surface area contributed by atoms with E-state index in [0.29, 0.717) is 29.6 Å². The van der Waals surface area contributed by atoms with Gasteiger partial charge in [-0.2, -0.15) is 0 Å². The number of aliphatic carboxylic acids is 2. The summed E-state index contributed by atoms with van der Waals surface area (Å²) in [5, 5.41) is 41.3. The van der Waals surface area contributed by atoms with Crippen LogP contribution in [0, 0.1) is 81.8 Å². The average molecular weight is 737 g/mol. The molecule has 9 nitrogen and oxygen atoms in total. The van der Waals surface area contributed by atoms with E-state index in [1.807, 2.05) is 0 Å². The predicted octanol–water partition coefficient (Wildman–Crippen LogP) is 4.13. The van der Waals surface area contributed by atoms with Crippen LogP contribution in [0.2, 0.25) is 0 Å². The van der Waals surface area contributed by atoms with E-state index in [9.17, 15) is 24.9 Å². The first-order valence-corrected chi connectivity index (χ1v) is 21.4. The molecule has 14 atom stereocenters. The van der Waals surface area contributed by atoms with Gasteiger partial charge in [0.25, 0.3) is 0 Å². The standard InChI is InChI=1S/C45H60N4O5/c50-24-33(30-7-10-46-19-30)15-26-3-1-5-28(13-26)22-49(23-29-6-2-4-27(14-29)16-34(42(51)52)31-8-11-47-20-31)25-45-39-35-17-37-38(39)41(45)44(37,40(35)45)18-36(43(53)54)32-9-12-48-21-32/h1-6,13-14,30-41,46-48,50H,7-12,15-25H2,(H,51,52)(H,53,54)/t30-,31-,32-,33+,34-,35?,36+,37?,38?,39?,40?,41?,44?,45?/m0/s1. The van der Waals surface area contributed by atoms with Gasteiger partial charge in [-0.15, -0.1) is 0 Å². The summed E-state index contributed by atoms with van der Waals surface area (Å²) in [4.78, 5) is 27.8. The third-order valence-electron chi connectivity index (χ3n) is 17.1. The number of hydrogen-bond donors (Lipinski definition) is 6. The highest BCUT2D eigenvalue weighted by Crippen LogP contribution is 3.05. The van der Waals surface area contributed by atoms with Crippen LogP contribution in [0.25, 0.3) is 0 Å². The molecule has 290 valence electrons. The fraction of sp³-hybridized carbons (Fsp3) is 0.689. The maximum Gasteiger partial charge on any atom is 0.307 e. The second kappa shape index (κ2) is 13.7. The maximum absolute atomic E-state index is 12.7. The molecule has 54 heavy (non-hydrogen) atoms. The van der Waals surface area contributed by atoms with Crippen molar-refractivity contribution in [3.05, 3.63) is 70.8 Å². The van der Waals surface area contributed by atoms with Crippen LogP contribution < -0.4 is 16.0 Å². The van der Waals surface area contributed by atoms with Crippen LogP contribution >= 0.6 is 0 Å². The average Bonchev–Trinajstić information content (AvgIpc) is 4.00. The van der Waals surface area contributed by atoms with Gasteiger partial charge >= 0.3 is 11.9 Å². The SMILES string of the molecule is O=C(O)[C@@H](Cc1cccc(CN(Cc2cccc(C[C@H](CO)[C@H]3CCNC3)c2)CC23C4C5CC6C4C2C6(C[C@@H](C(=O)O)[C@H]2CCNC2)C53)c1)[C@H]1CCNC1. The normalized spacial score (nSPS) is 39.3. The number of nitrogens with zero attached hydrogens (tertiary/aromatic N) is 1. The third kappa shape index (κ3) is 5.34. The molecule has 11 rings (SSSR count). The van der Waals surface area contributed by atoms with Crippen molar-refractivity contribution in [3.63, 3.8) is 0 Å².